The van der Waals surface area contributed by atoms with E-state index in [-0.39, 0.29) is 0 Å². The first-order valence-corrected chi connectivity index (χ1v) is 9.05. The molecule has 0 saturated carbocycles. The van der Waals surface area contributed by atoms with E-state index in [1.54, 1.807) is 0 Å². The maximum atomic E-state index is 12.3. The molecule has 2 aliphatic rings. The third-order valence-corrected chi connectivity index (χ3v) is 6.56. The Bertz CT molecular complexity index is 446. The Hall–Kier alpha value is -0.310. The number of carboxylic acid groups (broad SMARTS) is 1. The van der Waals surface area contributed by atoms with Gasteiger partial charge in [-0.1, -0.05) is 6.92 Å². The highest BCUT2D eigenvalue weighted by molar-refractivity contribution is 7.99. The van der Waals surface area contributed by atoms with Gasteiger partial charge in [-0.05, 0) is 30.9 Å². The fourth-order valence-electron chi connectivity index (χ4n) is 2.53. The molecule has 0 aliphatic carbocycles. The van der Waals surface area contributed by atoms with Gasteiger partial charge in [0.05, 0.1) is 0 Å². The molecule has 2 rings (SSSR count). The monoisotopic (exact) mass is 308 g/mol. The molecular formula is C11H20N2O4S2. The minimum atomic E-state index is -3.71. The van der Waals surface area contributed by atoms with Crippen LogP contribution in [0.1, 0.15) is 26.2 Å². The van der Waals surface area contributed by atoms with E-state index in [9.17, 15) is 18.3 Å². The molecular weight excluding hydrogens is 288 g/mol. The maximum absolute atomic E-state index is 12.3. The standard InChI is InChI=1S/C11H20N2O4S2/c1-9-3-2-5-13(7-9)19(16,17)12-11(10(14)15)4-6-18-8-11/h9,12H,2-8H2,1H3,(H,14,15). The largest absolute Gasteiger partial charge is 0.480 e. The minimum Gasteiger partial charge on any atom is -0.480 e. The van der Waals surface area contributed by atoms with Crippen LogP contribution >= 0.6 is 11.8 Å². The molecule has 8 heteroatoms. The van der Waals surface area contributed by atoms with Crippen LogP contribution in [0, 0.1) is 5.92 Å². The number of thioether (sulfide) groups is 1. The zero-order valence-electron chi connectivity index (χ0n) is 11.0. The van der Waals surface area contributed by atoms with Crippen LogP contribution in [0.5, 0.6) is 0 Å². The van der Waals surface area contributed by atoms with Crippen LogP contribution in [0.2, 0.25) is 0 Å². The molecule has 0 aromatic heterocycles. The third-order valence-electron chi connectivity index (χ3n) is 3.72. The summed E-state index contributed by atoms with van der Waals surface area (Å²) in [5.74, 6) is 0.214. The first-order valence-electron chi connectivity index (χ1n) is 6.46. The van der Waals surface area contributed by atoms with E-state index >= 15 is 0 Å². The number of carbonyl (C=O) groups is 1. The van der Waals surface area contributed by atoms with Gasteiger partial charge in [-0.25, -0.2) is 0 Å². The number of nitrogens with one attached hydrogen (secondary N) is 1. The molecule has 0 spiro atoms. The van der Waals surface area contributed by atoms with Crippen molar-refractivity contribution in [3.8, 4) is 0 Å². The van der Waals surface area contributed by atoms with Gasteiger partial charge in [0.2, 0.25) is 0 Å². The Balaban J connectivity index is 2.13. The third kappa shape index (κ3) is 3.24. The number of hydrogen-bond acceptors (Lipinski definition) is 4. The lowest BCUT2D eigenvalue weighted by atomic mass is 10.0. The quantitative estimate of drug-likeness (QED) is 0.790. The zero-order chi connectivity index (χ0) is 14.1. The molecule has 2 saturated heterocycles. The average Bonchev–Trinajstić information content (AvgIpc) is 2.78. The second-order valence-electron chi connectivity index (χ2n) is 5.40. The summed E-state index contributed by atoms with van der Waals surface area (Å²) in [6, 6.07) is 0. The van der Waals surface area contributed by atoms with E-state index in [0.717, 1.165) is 12.8 Å². The Kier molecular flexibility index (Phi) is 4.44. The summed E-state index contributed by atoms with van der Waals surface area (Å²) < 4.78 is 28.5. The number of carboxylic acids is 1. The lowest BCUT2D eigenvalue weighted by Crippen LogP contribution is -2.59. The lowest BCUT2D eigenvalue weighted by Gasteiger charge is -2.33. The van der Waals surface area contributed by atoms with Gasteiger partial charge in [-0.15, -0.1) is 0 Å². The van der Waals surface area contributed by atoms with Crippen LogP contribution in [-0.2, 0) is 15.0 Å². The molecule has 19 heavy (non-hydrogen) atoms. The van der Waals surface area contributed by atoms with Gasteiger partial charge < -0.3 is 5.11 Å². The van der Waals surface area contributed by atoms with Crippen molar-refractivity contribution in [1.82, 2.24) is 9.03 Å². The highest BCUT2D eigenvalue weighted by Gasteiger charge is 2.46. The van der Waals surface area contributed by atoms with E-state index in [1.807, 2.05) is 6.92 Å². The first kappa shape index (κ1) is 15.1. The number of rotatable bonds is 4. The smallest absolute Gasteiger partial charge is 0.325 e. The van der Waals surface area contributed by atoms with Gasteiger partial charge >= 0.3 is 5.97 Å². The summed E-state index contributed by atoms with van der Waals surface area (Å²) >= 11 is 1.47. The van der Waals surface area contributed by atoms with Crippen molar-refractivity contribution in [3.63, 3.8) is 0 Å². The molecule has 0 bridgehead atoms. The highest BCUT2D eigenvalue weighted by Crippen LogP contribution is 2.30. The van der Waals surface area contributed by atoms with Crippen molar-refractivity contribution in [2.45, 2.75) is 31.7 Å². The molecule has 2 N–H and O–H groups in total. The van der Waals surface area contributed by atoms with Crippen molar-refractivity contribution in [2.75, 3.05) is 24.6 Å². The zero-order valence-corrected chi connectivity index (χ0v) is 12.6. The predicted molar refractivity (Wildman–Crippen MR) is 74.3 cm³/mol. The summed E-state index contributed by atoms with van der Waals surface area (Å²) in [5.41, 5.74) is -1.33. The van der Waals surface area contributed by atoms with Gasteiger partial charge in [0.1, 0.15) is 5.54 Å². The highest BCUT2D eigenvalue weighted by atomic mass is 32.2. The molecule has 6 nitrogen and oxygen atoms in total. The molecule has 0 aromatic carbocycles. The Labute approximate surface area is 118 Å². The number of piperidine rings is 1. The van der Waals surface area contributed by atoms with Gasteiger partial charge in [-0.3, -0.25) is 4.79 Å². The van der Waals surface area contributed by atoms with Crippen LogP contribution in [0.3, 0.4) is 0 Å². The van der Waals surface area contributed by atoms with Gasteiger partial charge in [0.25, 0.3) is 10.2 Å². The molecule has 2 atom stereocenters. The van der Waals surface area contributed by atoms with Crippen molar-refractivity contribution < 1.29 is 18.3 Å². The average molecular weight is 308 g/mol. The van der Waals surface area contributed by atoms with E-state index in [0.29, 0.717) is 36.9 Å². The van der Waals surface area contributed by atoms with Crippen molar-refractivity contribution in [2.24, 2.45) is 5.92 Å². The SMILES string of the molecule is CC1CCCN(S(=O)(=O)NC2(C(=O)O)CCSC2)C1. The molecule has 2 aliphatic heterocycles. The number of aliphatic carboxylic acids is 1. The van der Waals surface area contributed by atoms with Gasteiger partial charge in [0, 0.05) is 18.8 Å². The fraction of sp³-hybridized carbons (Fsp3) is 0.909. The number of hydrogen-bond donors (Lipinski definition) is 2. The topological polar surface area (TPSA) is 86.7 Å². The van der Waals surface area contributed by atoms with E-state index in [1.165, 1.54) is 16.1 Å². The molecule has 0 amide bonds. The molecule has 2 fully saturated rings. The molecule has 0 aromatic rings. The summed E-state index contributed by atoms with van der Waals surface area (Å²) in [6.07, 6.45) is 2.19. The summed E-state index contributed by atoms with van der Waals surface area (Å²) in [5, 5.41) is 9.32. The molecule has 0 radical (unpaired) electrons. The lowest BCUT2D eigenvalue weighted by molar-refractivity contribution is -0.143. The van der Waals surface area contributed by atoms with Crippen molar-refractivity contribution in [3.05, 3.63) is 0 Å². The van der Waals surface area contributed by atoms with E-state index in [2.05, 4.69) is 4.72 Å². The fourth-order valence-corrected chi connectivity index (χ4v) is 5.66. The second-order valence-corrected chi connectivity index (χ2v) is 8.18. The first-order chi connectivity index (χ1) is 8.86. The van der Waals surface area contributed by atoms with Crippen molar-refractivity contribution in [1.29, 1.82) is 0 Å². The van der Waals surface area contributed by atoms with Crippen LogP contribution < -0.4 is 4.72 Å². The summed E-state index contributed by atoms with van der Waals surface area (Å²) in [4.78, 5) is 11.4. The van der Waals surface area contributed by atoms with E-state index < -0.39 is 21.7 Å². The Morgan fingerprint density at radius 2 is 2.26 bits per heavy atom. The van der Waals surface area contributed by atoms with Crippen LogP contribution in [0.15, 0.2) is 0 Å². The second kappa shape index (κ2) is 5.59. The van der Waals surface area contributed by atoms with Crippen LogP contribution in [0.25, 0.3) is 0 Å². The molecule has 2 heterocycles. The Morgan fingerprint density at radius 3 is 2.79 bits per heavy atom. The predicted octanol–water partition coefficient (Wildman–Crippen LogP) is 0.513. The summed E-state index contributed by atoms with van der Waals surface area (Å²) in [6.45, 7) is 2.96. The molecule has 2 unspecified atom stereocenters. The molecule has 110 valence electrons. The number of nitrogens with zero attached hydrogens (tertiary/aromatic N) is 1. The van der Waals surface area contributed by atoms with Gasteiger partial charge in [-0.2, -0.15) is 29.2 Å². The Morgan fingerprint density at radius 1 is 1.53 bits per heavy atom. The van der Waals surface area contributed by atoms with E-state index in [4.69, 9.17) is 0 Å². The summed E-state index contributed by atoms with van der Waals surface area (Å²) in [7, 11) is -3.71. The van der Waals surface area contributed by atoms with Crippen LogP contribution in [0.4, 0.5) is 0 Å². The van der Waals surface area contributed by atoms with Crippen LogP contribution in [-0.4, -0.2) is 53.9 Å². The van der Waals surface area contributed by atoms with Crippen molar-refractivity contribution >= 4 is 27.9 Å². The minimum absolute atomic E-state index is 0.297. The maximum Gasteiger partial charge on any atom is 0.325 e. The van der Waals surface area contributed by atoms with Gasteiger partial charge in [0.15, 0.2) is 0 Å². The normalized spacial score (nSPS) is 33.4.